The van der Waals surface area contributed by atoms with E-state index in [0.29, 0.717) is 13.0 Å². The maximum absolute atomic E-state index is 11.3. The summed E-state index contributed by atoms with van der Waals surface area (Å²) in [5.41, 5.74) is 0. The van der Waals surface area contributed by atoms with Crippen molar-refractivity contribution in [2.75, 3.05) is 18.1 Å². The van der Waals surface area contributed by atoms with E-state index >= 15 is 0 Å². The molecule has 2 unspecified atom stereocenters. The molecule has 0 N–H and O–H groups in total. The first-order valence-corrected chi connectivity index (χ1v) is 8.71. The third-order valence-electron chi connectivity index (χ3n) is 2.15. The van der Waals surface area contributed by atoms with Crippen LogP contribution in [0.1, 0.15) is 13.3 Å². The average Bonchev–Trinajstić information content (AvgIpc) is 2.37. The summed E-state index contributed by atoms with van der Waals surface area (Å²) in [6.07, 6.45) is -0.122. The lowest BCUT2D eigenvalue weighted by Gasteiger charge is -2.15. The van der Waals surface area contributed by atoms with Gasteiger partial charge in [0.15, 0.2) is 9.84 Å². The minimum absolute atomic E-state index is 0.260. The number of ether oxygens (including phenoxy) is 1. The van der Waals surface area contributed by atoms with Crippen LogP contribution < -0.4 is 0 Å². The van der Waals surface area contributed by atoms with E-state index < -0.39 is 36.0 Å². The molecular weight excluding hydrogens is 264 g/mol. The van der Waals surface area contributed by atoms with Crippen LogP contribution in [0.2, 0.25) is 0 Å². The smallest absolute Gasteiger partial charge is 0.239 e. The Kier molecular flexibility index (Phi) is 4.02. The molecule has 0 aliphatic carbocycles. The third-order valence-corrected chi connectivity index (χ3v) is 5.94. The summed E-state index contributed by atoms with van der Waals surface area (Å²) in [6, 6.07) is 0. The molecule has 1 aliphatic rings. The lowest BCUT2D eigenvalue weighted by molar-refractivity contribution is 0.0737. The van der Waals surface area contributed by atoms with Crippen molar-refractivity contribution in [3.8, 4) is 0 Å². The molecule has 1 fully saturated rings. The van der Waals surface area contributed by atoms with Gasteiger partial charge in [0.05, 0.1) is 17.6 Å². The molecule has 2 atom stereocenters. The number of hydrogen-bond donors (Lipinski definition) is 0. The van der Waals surface area contributed by atoms with Crippen LogP contribution in [0.3, 0.4) is 0 Å². The average molecular weight is 277 g/mol. The van der Waals surface area contributed by atoms with Gasteiger partial charge in [0.25, 0.3) is 0 Å². The quantitative estimate of drug-likeness (QED) is 0.683. The molecule has 15 heavy (non-hydrogen) atoms. The Bertz CT molecular complexity index is 413. The van der Waals surface area contributed by atoms with Crippen molar-refractivity contribution in [1.29, 1.82) is 0 Å². The van der Waals surface area contributed by atoms with Crippen molar-refractivity contribution in [1.82, 2.24) is 0 Å². The maximum atomic E-state index is 11.3. The van der Waals surface area contributed by atoms with Gasteiger partial charge in [-0.2, -0.15) is 0 Å². The number of halogens is 1. The second kappa shape index (κ2) is 4.57. The molecule has 0 spiro atoms. The first kappa shape index (κ1) is 13.2. The molecule has 0 saturated carbocycles. The highest BCUT2D eigenvalue weighted by Gasteiger charge is 2.45. The van der Waals surface area contributed by atoms with Crippen LogP contribution in [-0.2, 0) is 23.6 Å². The standard InChI is InChI=1S/C7H13ClO5S2/c1-2-3-13-6-4-14(9,10)5-7(6)15(8,11)12/h6-7H,2-5H2,1H3. The molecule has 0 amide bonds. The minimum atomic E-state index is -3.89. The highest BCUT2D eigenvalue weighted by Crippen LogP contribution is 2.24. The van der Waals surface area contributed by atoms with Gasteiger partial charge < -0.3 is 4.74 Å². The number of rotatable bonds is 4. The monoisotopic (exact) mass is 276 g/mol. The highest BCUT2D eigenvalue weighted by molar-refractivity contribution is 8.15. The Hall–Kier alpha value is 0.150. The largest absolute Gasteiger partial charge is 0.376 e. The Morgan fingerprint density at radius 1 is 1.40 bits per heavy atom. The fourth-order valence-electron chi connectivity index (χ4n) is 1.47. The lowest BCUT2D eigenvalue weighted by atomic mass is 10.3. The first-order chi connectivity index (χ1) is 6.76. The van der Waals surface area contributed by atoms with E-state index in [9.17, 15) is 16.8 Å². The molecule has 90 valence electrons. The first-order valence-electron chi connectivity index (χ1n) is 4.52. The molecule has 0 aromatic heterocycles. The second-order valence-electron chi connectivity index (χ2n) is 3.50. The molecule has 0 aromatic carbocycles. The highest BCUT2D eigenvalue weighted by atomic mass is 35.7. The minimum Gasteiger partial charge on any atom is -0.376 e. The normalized spacial score (nSPS) is 30.5. The molecule has 1 aliphatic heterocycles. The fraction of sp³-hybridized carbons (Fsp3) is 1.00. The van der Waals surface area contributed by atoms with Crippen molar-refractivity contribution < 1.29 is 21.6 Å². The van der Waals surface area contributed by atoms with Gasteiger partial charge in [-0.05, 0) is 6.42 Å². The molecule has 0 radical (unpaired) electrons. The van der Waals surface area contributed by atoms with Crippen molar-refractivity contribution >= 4 is 29.6 Å². The maximum Gasteiger partial charge on any atom is 0.239 e. The summed E-state index contributed by atoms with van der Waals surface area (Å²) >= 11 is 0. The Labute approximate surface area is 94.1 Å². The van der Waals surface area contributed by atoms with Crippen LogP contribution in [0.25, 0.3) is 0 Å². The van der Waals surface area contributed by atoms with Gasteiger partial charge in [0, 0.05) is 17.3 Å². The molecule has 8 heteroatoms. The van der Waals surface area contributed by atoms with Gasteiger partial charge in [-0.25, -0.2) is 16.8 Å². The lowest BCUT2D eigenvalue weighted by Crippen LogP contribution is -2.32. The predicted octanol–water partition coefficient (Wildman–Crippen LogP) is 0.147. The van der Waals surface area contributed by atoms with Gasteiger partial charge in [-0.1, -0.05) is 6.92 Å². The van der Waals surface area contributed by atoms with E-state index in [-0.39, 0.29) is 5.75 Å². The molecule has 5 nitrogen and oxygen atoms in total. The molecule has 1 rings (SSSR count). The summed E-state index contributed by atoms with van der Waals surface area (Å²) in [6.45, 7) is 2.19. The predicted molar refractivity (Wildman–Crippen MR) is 57.2 cm³/mol. The van der Waals surface area contributed by atoms with Gasteiger partial charge in [-0.3, -0.25) is 0 Å². The van der Waals surface area contributed by atoms with Crippen LogP contribution >= 0.6 is 10.7 Å². The van der Waals surface area contributed by atoms with Crippen molar-refractivity contribution in [3.05, 3.63) is 0 Å². The van der Waals surface area contributed by atoms with E-state index in [0.717, 1.165) is 0 Å². The van der Waals surface area contributed by atoms with E-state index in [1.165, 1.54) is 0 Å². The molecule has 0 aromatic rings. The summed E-state index contributed by atoms with van der Waals surface area (Å²) in [5, 5.41) is -1.13. The number of sulfone groups is 1. The number of hydrogen-bond acceptors (Lipinski definition) is 5. The molecule has 1 heterocycles. The molecular formula is C7H13ClO5S2. The second-order valence-corrected chi connectivity index (χ2v) is 8.50. The third kappa shape index (κ3) is 3.58. The topological polar surface area (TPSA) is 77.5 Å². The van der Waals surface area contributed by atoms with Crippen LogP contribution in [0, 0.1) is 0 Å². The van der Waals surface area contributed by atoms with E-state index in [2.05, 4.69) is 0 Å². The summed E-state index contributed by atoms with van der Waals surface area (Å²) < 4.78 is 49.9. The van der Waals surface area contributed by atoms with Crippen LogP contribution in [0.15, 0.2) is 0 Å². The van der Waals surface area contributed by atoms with Crippen LogP contribution in [0.5, 0.6) is 0 Å². The molecule has 0 bridgehead atoms. The van der Waals surface area contributed by atoms with E-state index in [1.807, 2.05) is 6.92 Å². The summed E-state index contributed by atoms with van der Waals surface area (Å²) in [4.78, 5) is 0. The van der Waals surface area contributed by atoms with Crippen molar-refractivity contribution in [2.24, 2.45) is 0 Å². The summed E-state index contributed by atoms with van der Waals surface area (Å²) in [7, 11) is -2.06. The van der Waals surface area contributed by atoms with Gasteiger partial charge in [0.1, 0.15) is 5.25 Å². The Morgan fingerprint density at radius 2 is 2.00 bits per heavy atom. The van der Waals surface area contributed by atoms with Gasteiger partial charge >= 0.3 is 0 Å². The SMILES string of the molecule is CCCOC1CS(=O)(=O)CC1S(=O)(=O)Cl. The van der Waals surface area contributed by atoms with Crippen LogP contribution in [0.4, 0.5) is 0 Å². The van der Waals surface area contributed by atoms with Crippen LogP contribution in [-0.4, -0.2) is 46.3 Å². The fourth-order valence-corrected chi connectivity index (χ4v) is 5.89. The zero-order chi connectivity index (χ0) is 11.7. The van der Waals surface area contributed by atoms with Crippen molar-refractivity contribution in [2.45, 2.75) is 24.7 Å². The Balaban J connectivity index is 2.85. The van der Waals surface area contributed by atoms with Crippen molar-refractivity contribution in [3.63, 3.8) is 0 Å². The van der Waals surface area contributed by atoms with E-state index in [4.69, 9.17) is 15.4 Å². The summed E-state index contributed by atoms with van der Waals surface area (Å²) in [5.74, 6) is -0.698. The zero-order valence-electron chi connectivity index (χ0n) is 8.22. The zero-order valence-corrected chi connectivity index (χ0v) is 10.6. The molecule has 1 saturated heterocycles. The van der Waals surface area contributed by atoms with Gasteiger partial charge in [-0.15, -0.1) is 0 Å². The van der Waals surface area contributed by atoms with Gasteiger partial charge in [0.2, 0.25) is 9.05 Å². The van der Waals surface area contributed by atoms with E-state index in [1.54, 1.807) is 0 Å². The Morgan fingerprint density at radius 3 is 2.47 bits per heavy atom.